The van der Waals surface area contributed by atoms with Crippen LogP contribution in [0.3, 0.4) is 0 Å². The molecule has 1 fully saturated rings. The van der Waals surface area contributed by atoms with Crippen molar-refractivity contribution in [2.75, 3.05) is 6.54 Å². The van der Waals surface area contributed by atoms with E-state index in [1.165, 1.54) is 0 Å². The molecule has 3 rings (SSSR count). The van der Waals surface area contributed by atoms with E-state index in [2.05, 4.69) is 9.97 Å². The number of carbonyl (C=O) groups is 1. The molecule has 20 heavy (non-hydrogen) atoms. The number of amides is 1. The molecule has 5 heteroatoms. The summed E-state index contributed by atoms with van der Waals surface area (Å²) in [5.74, 6) is 0. The third kappa shape index (κ3) is 2.66. The Labute approximate surface area is 117 Å². The van der Waals surface area contributed by atoms with E-state index in [4.69, 9.17) is 4.74 Å². The van der Waals surface area contributed by atoms with Crippen molar-refractivity contribution in [3.05, 3.63) is 54.1 Å². The largest absolute Gasteiger partial charge is 0.445 e. The second-order valence-corrected chi connectivity index (χ2v) is 4.90. The normalized spacial score (nSPS) is 18.2. The lowest BCUT2D eigenvalue weighted by atomic mass is 10.2. The molecule has 2 aromatic rings. The molecule has 1 amide bonds. The SMILES string of the molecule is O=C(OCc1ccccc1)N1CCC[C@H]1c1cnc[nH]1. The minimum atomic E-state index is -0.258. The number of carbonyl (C=O) groups excluding carboxylic acids is 1. The Balaban J connectivity index is 1.62. The first-order valence-corrected chi connectivity index (χ1v) is 6.80. The molecule has 1 aromatic carbocycles. The van der Waals surface area contributed by atoms with Gasteiger partial charge in [-0.25, -0.2) is 9.78 Å². The number of aromatic nitrogens is 2. The second kappa shape index (κ2) is 5.77. The summed E-state index contributed by atoms with van der Waals surface area (Å²) in [5.41, 5.74) is 1.97. The third-order valence-electron chi connectivity index (χ3n) is 3.57. The Bertz CT molecular complexity index is 554. The standard InChI is InChI=1S/C15H17N3O2/c19-15(20-10-12-5-2-1-3-6-12)18-8-4-7-14(18)13-9-16-11-17-13/h1-3,5-6,9,11,14H,4,7-8,10H2,(H,16,17)/t14-/m0/s1. The van der Waals surface area contributed by atoms with Crippen LogP contribution < -0.4 is 0 Å². The second-order valence-electron chi connectivity index (χ2n) is 4.90. The zero-order chi connectivity index (χ0) is 13.8. The predicted octanol–water partition coefficient (Wildman–Crippen LogP) is 2.88. The molecule has 1 atom stereocenters. The smallest absolute Gasteiger partial charge is 0.410 e. The highest BCUT2D eigenvalue weighted by Crippen LogP contribution is 2.31. The van der Waals surface area contributed by atoms with Gasteiger partial charge in [0.25, 0.3) is 0 Å². The topological polar surface area (TPSA) is 58.2 Å². The first-order valence-electron chi connectivity index (χ1n) is 6.80. The van der Waals surface area contributed by atoms with Gasteiger partial charge in [0, 0.05) is 6.54 Å². The summed E-state index contributed by atoms with van der Waals surface area (Å²) in [5, 5.41) is 0. The van der Waals surface area contributed by atoms with Gasteiger partial charge in [-0.3, -0.25) is 4.90 Å². The summed E-state index contributed by atoms with van der Waals surface area (Å²) in [6, 6.07) is 9.77. The van der Waals surface area contributed by atoms with Crippen LogP contribution in [-0.4, -0.2) is 27.5 Å². The minimum Gasteiger partial charge on any atom is -0.445 e. The summed E-state index contributed by atoms with van der Waals surface area (Å²) < 4.78 is 5.39. The van der Waals surface area contributed by atoms with Gasteiger partial charge in [-0.05, 0) is 18.4 Å². The van der Waals surface area contributed by atoms with E-state index in [0.717, 1.165) is 30.6 Å². The van der Waals surface area contributed by atoms with Gasteiger partial charge >= 0.3 is 6.09 Å². The summed E-state index contributed by atoms with van der Waals surface area (Å²) >= 11 is 0. The fourth-order valence-electron chi connectivity index (χ4n) is 2.56. The lowest BCUT2D eigenvalue weighted by Gasteiger charge is -2.23. The Kier molecular flexibility index (Phi) is 3.67. The Morgan fingerprint density at radius 2 is 2.25 bits per heavy atom. The van der Waals surface area contributed by atoms with Gasteiger partial charge in [0.2, 0.25) is 0 Å². The quantitative estimate of drug-likeness (QED) is 0.933. The van der Waals surface area contributed by atoms with E-state index >= 15 is 0 Å². The highest BCUT2D eigenvalue weighted by atomic mass is 16.6. The first kappa shape index (κ1) is 12.7. The van der Waals surface area contributed by atoms with E-state index < -0.39 is 0 Å². The molecule has 1 aliphatic rings. The first-order chi connectivity index (χ1) is 9.84. The molecule has 1 aliphatic heterocycles. The number of nitrogens with zero attached hydrogens (tertiary/aromatic N) is 2. The minimum absolute atomic E-state index is 0.0563. The highest BCUT2D eigenvalue weighted by Gasteiger charge is 2.31. The van der Waals surface area contributed by atoms with Crippen molar-refractivity contribution in [2.45, 2.75) is 25.5 Å². The molecule has 1 N–H and O–H groups in total. The lowest BCUT2D eigenvalue weighted by molar-refractivity contribution is 0.0915. The zero-order valence-corrected chi connectivity index (χ0v) is 11.2. The maximum absolute atomic E-state index is 12.2. The van der Waals surface area contributed by atoms with Crippen molar-refractivity contribution < 1.29 is 9.53 Å². The van der Waals surface area contributed by atoms with Crippen molar-refractivity contribution in [2.24, 2.45) is 0 Å². The molecular weight excluding hydrogens is 254 g/mol. The number of imidazole rings is 1. The number of hydrogen-bond donors (Lipinski definition) is 1. The highest BCUT2D eigenvalue weighted by molar-refractivity contribution is 5.68. The monoisotopic (exact) mass is 271 g/mol. The van der Waals surface area contributed by atoms with E-state index in [9.17, 15) is 4.79 Å². The predicted molar refractivity (Wildman–Crippen MR) is 73.9 cm³/mol. The number of aromatic amines is 1. The number of H-pyrrole nitrogens is 1. The molecule has 5 nitrogen and oxygen atoms in total. The molecule has 0 spiro atoms. The van der Waals surface area contributed by atoms with Crippen LogP contribution in [-0.2, 0) is 11.3 Å². The molecule has 0 unspecified atom stereocenters. The molecule has 104 valence electrons. The van der Waals surface area contributed by atoms with Gasteiger partial charge in [-0.15, -0.1) is 0 Å². The molecule has 0 bridgehead atoms. The fourth-order valence-corrected chi connectivity index (χ4v) is 2.56. The average Bonchev–Trinajstić information content (AvgIpc) is 3.15. The van der Waals surface area contributed by atoms with Gasteiger partial charge in [0.15, 0.2) is 0 Å². The van der Waals surface area contributed by atoms with Gasteiger partial charge in [-0.1, -0.05) is 30.3 Å². The van der Waals surface area contributed by atoms with Crippen LogP contribution in [0.15, 0.2) is 42.9 Å². The average molecular weight is 271 g/mol. The number of rotatable bonds is 3. The molecular formula is C15H17N3O2. The van der Waals surface area contributed by atoms with Crippen LogP contribution in [0, 0.1) is 0 Å². The maximum atomic E-state index is 12.2. The molecule has 0 saturated carbocycles. The van der Waals surface area contributed by atoms with Gasteiger partial charge in [-0.2, -0.15) is 0 Å². The van der Waals surface area contributed by atoms with Gasteiger partial charge in [0.05, 0.1) is 24.3 Å². The van der Waals surface area contributed by atoms with Crippen LogP contribution in [0.4, 0.5) is 4.79 Å². The maximum Gasteiger partial charge on any atom is 0.410 e. The van der Waals surface area contributed by atoms with Crippen molar-refractivity contribution in [1.82, 2.24) is 14.9 Å². The number of benzene rings is 1. The van der Waals surface area contributed by atoms with Crippen LogP contribution in [0.1, 0.15) is 30.1 Å². The summed E-state index contributed by atoms with van der Waals surface area (Å²) in [4.78, 5) is 21.1. The molecule has 1 aromatic heterocycles. The van der Waals surface area contributed by atoms with Crippen molar-refractivity contribution >= 4 is 6.09 Å². The number of ether oxygens (including phenoxy) is 1. The van der Waals surface area contributed by atoms with Crippen LogP contribution in [0.5, 0.6) is 0 Å². The van der Waals surface area contributed by atoms with E-state index in [0.29, 0.717) is 6.61 Å². The van der Waals surface area contributed by atoms with Crippen molar-refractivity contribution in [3.8, 4) is 0 Å². The van der Waals surface area contributed by atoms with Crippen LogP contribution >= 0.6 is 0 Å². The third-order valence-corrected chi connectivity index (χ3v) is 3.57. The molecule has 2 heterocycles. The molecule has 0 radical (unpaired) electrons. The Hall–Kier alpha value is -2.30. The number of hydrogen-bond acceptors (Lipinski definition) is 3. The summed E-state index contributed by atoms with van der Waals surface area (Å²) in [6.45, 7) is 1.04. The van der Waals surface area contributed by atoms with Crippen molar-refractivity contribution in [3.63, 3.8) is 0 Å². The Morgan fingerprint density at radius 1 is 1.40 bits per heavy atom. The van der Waals surface area contributed by atoms with Crippen molar-refractivity contribution in [1.29, 1.82) is 0 Å². The van der Waals surface area contributed by atoms with E-state index in [1.54, 1.807) is 17.4 Å². The van der Waals surface area contributed by atoms with Crippen LogP contribution in [0.25, 0.3) is 0 Å². The molecule has 0 aliphatic carbocycles. The number of nitrogens with one attached hydrogen (secondary N) is 1. The molecule has 1 saturated heterocycles. The fraction of sp³-hybridized carbons (Fsp3) is 0.333. The zero-order valence-electron chi connectivity index (χ0n) is 11.2. The number of likely N-dealkylation sites (tertiary alicyclic amines) is 1. The Morgan fingerprint density at radius 3 is 3.00 bits per heavy atom. The summed E-state index contributed by atoms with van der Waals surface area (Å²) in [7, 11) is 0. The lowest BCUT2D eigenvalue weighted by Crippen LogP contribution is -2.31. The van der Waals surface area contributed by atoms with Gasteiger partial charge in [0.1, 0.15) is 6.61 Å². The van der Waals surface area contributed by atoms with Gasteiger partial charge < -0.3 is 9.72 Å². The van der Waals surface area contributed by atoms with E-state index in [1.807, 2.05) is 30.3 Å². The van der Waals surface area contributed by atoms with E-state index in [-0.39, 0.29) is 12.1 Å². The summed E-state index contributed by atoms with van der Waals surface area (Å²) in [6.07, 6.45) is 5.09. The van der Waals surface area contributed by atoms with Crippen LogP contribution in [0.2, 0.25) is 0 Å².